The van der Waals surface area contributed by atoms with Gasteiger partial charge in [0.15, 0.2) is 0 Å². The number of methoxy groups -OCH3 is 1. The molecule has 90 valence electrons. The molecule has 4 heteroatoms. The molecular weight excluding hydrogens is 212 g/mol. The van der Waals surface area contributed by atoms with E-state index >= 15 is 0 Å². The lowest BCUT2D eigenvalue weighted by atomic mass is 10.0. The van der Waals surface area contributed by atoms with Gasteiger partial charge in [-0.1, -0.05) is 12.1 Å². The number of benzene rings is 1. The highest BCUT2D eigenvalue weighted by atomic mass is 19.3. The lowest BCUT2D eigenvalue weighted by molar-refractivity contribution is -0.0208. The average Bonchev–Trinajstić information content (AvgIpc) is 2.28. The number of ether oxygens (including phenoxy) is 1. The maximum Gasteiger partial charge on any atom is 0.274 e. The summed E-state index contributed by atoms with van der Waals surface area (Å²) in [6.07, 6.45) is -0.226. The average molecular weight is 229 g/mol. The van der Waals surface area contributed by atoms with Crippen molar-refractivity contribution in [3.8, 4) is 5.75 Å². The molecule has 0 heterocycles. The summed E-state index contributed by atoms with van der Waals surface area (Å²) in [7, 11) is 3.14. The van der Waals surface area contributed by atoms with Crippen molar-refractivity contribution in [3.05, 3.63) is 29.8 Å². The molecule has 0 aliphatic rings. The summed E-state index contributed by atoms with van der Waals surface area (Å²) in [5, 5.41) is 2.81. The van der Waals surface area contributed by atoms with Crippen LogP contribution in [0.4, 0.5) is 8.78 Å². The van der Waals surface area contributed by atoms with Crippen LogP contribution in [-0.2, 0) is 5.92 Å². The minimum atomic E-state index is -2.84. The van der Waals surface area contributed by atoms with Crippen LogP contribution in [-0.4, -0.2) is 20.2 Å². The fraction of sp³-hybridized carbons (Fsp3) is 0.500. The van der Waals surface area contributed by atoms with Crippen molar-refractivity contribution in [2.75, 3.05) is 14.2 Å². The molecule has 0 radical (unpaired) electrons. The van der Waals surface area contributed by atoms with E-state index in [4.69, 9.17) is 4.74 Å². The summed E-state index contributed by atoms with van der Waals surface area (Å²) >= 11 is 0. The second kappa shape index (κ2) is 5.25. The Bertz CT molecular complexity index is 342. The molecule has 0 aromatic heterocycles. The van der Waals surface area contributed by atoms with Crippen molar-refractivity contribution in [3.63, 3.8) is 0 Å². The van der Waals surface area contributed by atoms with Crippen LogP contribution in [0.2, 0.25) is 0 Å². The van der Waals surface area contributed by atoms with Crippen LogP contribution in [0.25, 0.3) is 0 Å². The van der Waals surface area contributed by atoms with Crippen LogP contribution >= 0.6 is 0 Å². The lowest BCUT2D eigenvalue weighted by Crippen LogP contribution is -2.29. The predicted molar refractivity (Wildman–Crippen MR) is 60.0 cm³/mol. The Morgan fingerprint density at radius 3 is 2.69 bits per heavy atom. The highest BCUT2D eigenvalue weighted by Crippen LogP contribution is 2.34. The summed E-state index contributed by atoms with van der Waals surface area (Å²) in [6, 6.07) is 5.79. The van der Waals surface area contributed by atoms with Gasteiger partial charge in [-0.05, 0) is 26.1 Å². The second-order valence-electron chi connectivity index (χ2n) is 3.83. The molecule has 0 aliphatic carbocycles. The maximum absolute atomic E-state index is 13.8. The largest absolute Gasteiger partial charge is 0.497 e. The SMILES string of the molecule is CNC(C)CC(F)(F)c1cccc(OC)c1. The summed E-state index contributed by atoms with van der Waals surface area (Å²) in [5.41, 5.74) is -0.00560. The third-order valence-electron chi connectivity index (χ3n) is 2.55. The van der Waals surface area contributed by atoms with E-state index in [-0.39, 0.29) is 18.0 Å². The second-order valence-corrected chi connectivity index (χ2v) is 3.83. The van der Waals surface area contributed by atoms with Gasteiger partial charge in [-0.3, -0.25) is 0 Å². The van der Waals surface area contributed by atoms with Crippen LogP contribution in [0.5, 0.6) is 5.75 Å². The summed E-state index contributed by atoms with van der Waals surface area (Å²) in [6.45, 7) is 1.73. The molecule has 16 heavy (non-hydrogen) atoms. The highest BCUT2D eigenvalue weighted by Gasteiger charge is 2.33. The fourth-order valence-electron chi connectivity index (χ4n) is 1.46. The van der Waals surface area contributed by atoms with Gasteiger partial charge in [0, 0.05) is 18.0 Å². The van der Waals surface area contributed by atoms with Crippen molar-refractivity contribution >= 4 is 0 Å². The van der Waals surface area contributed by atoms with Crippen molar-refractivity contribution in [2.45, 2.75) is 25.3 Å². The zero-order valence-corrected chi connectivity index (χ0v) is 9.76. The van der Waals surface area contributed by atoms with Crippen molar-refractivity contribution in [1.82, 2.24) is 5.32 Å². The van der Waals surface area contributed by atoms with Crippen LogP contribution < -0.4 is 10.1 Å². The topological polar surface area (TPSA) is 21.3 Å². The smallest absolute Gasteiger partial charge is 0.274 e. The van der Waals surface area contributed by atoms with Crippen molar-refractivity contribution < 1.29 is 13.5 Å². The molecule has 2 nitrogen and oxygen atoms in total. The maximum atomic E-state index is 13.8. The third kappa shape index (κ3) is 3.17. The first-order valence-electron chi connectivity index (χ1n) is 5.19. The van der Waals surface area contributed by atoms with E-state index in [2.05, 4.69) is 5.32 Å². The van der Waals surface area contributed by atoms with Crippen molar-refractivity contribution in [1.29, 1.82) is 0 Å². The molecule has 0 amide bonds. The first-order chi connectivity index (χ1) is 7.49. The Morgan fingerprint density at radius 2 is 2.12 bits per heavy atom. The summed E-state index contributed by atoms with van der Waals surface area (Å²) in [4.78, 5) is 0. The van der Waals surface area contributed by atoms with Gasteiger partial charge < -0.3 is 10.1 Å². The molecular formula is C12H17F2NO. The number of halogens is 2. The van der Waals surface area contributed by atoms with Gasteiger partial charge in [-0.2, -0.15) is 0 Å². The Balaban J connectivity index is 2.88. The molecule has 1 N–H and O–H groups in total. The molecule has 0 fully saturated rings. The quantitative estimate of drug-likeness (QED) is 0.838. The van der Waals surface area contributed by atoms with E-state index < -0.39 is 5.92 Å². The van der Waals surface area contributed by atoms with Gasteiger partial charge in [0.1, 0.15) is 5.75 Å². The minimum absolute atomic E-state index is 0.00560. The minimum Gasteiger partial charge on any atom is -0.497 e. The summed E-state index contributed by atoms with van der Waals surface area (Å²) in [5.74, 6) is -2.38. The predicted octanol–water partition coefficient (Wildman–Crippen LogP) is 2.79. The van der Waals surface area contributed by atoms with Crippen LogP contribution in [0, 0.1) is 0 Å². The Morgan fingerprint density at radius 1 is 1.44 bits per heavy atom. The molecule has 0 spiro atoms. The Kier molecular flexibility index (Phi) is 4.24. The standard InChI is InChI=1S/C12H17F2NO/c1-9(15-2)8-12(13,14)10-5-4-6-11(7-10)16-3/h4-7,9,15H,8H2,1-3H3. The lowest BCUT2D eigenvalue weighted by Gasteiger charge is -2.21. The van der Waals surface area contributed by atoms with E-state index in [0.29, 0.717) is 5.75 Å². The molecule has 0 saturated carbocycles. The monoisotopic (exact) mass is 229 g/mol. The number of alkyl halides is 2. The number of nitrogens with one attached hydrogen (secondary N) is 1. The third-order valence-corrected chi connectivity index (χ3v) is 2.55. The zero-order valence-electron chi connectivity index (χ0n) is 9.76. The van der Waals surface area contributed by atoms with Gasteiger partial charge in [-0.25, -0.2) is 8.78 Å². The number of rotatable bonds is 5. The first-order valence-corrected chi connectivity index (χ1v) is 5.19. The van der Waals surface area contributed by atoms with E-state index in [1.807, 2.05) is 0 Å². The van der Waals surface area contributed by atoms with E-state index in [1.54, 1.807) is 26.1 Å². The highest BCUT2D eigenvalue weighted by molar-refractivity contribution is 5.31. The van der Waals surface area contributed by atoms with E-state index in [9.17, 15) is 8.78 Å². The normalized spacial score (nSPS) is 13.6. The van der Waals surface area contributed by atoms with Crippen LogP contribution in [0.3, 0.4) is 0 Å². The van der Waals surface area contributed by atoms with Crippen molar-refractivity contribution in [2.24, 2.45) is 0 Å². The summed E-state index contributed by atoms with van der Waals surface area (Å²) < 4.78 is 32.6. The molecule has 1 aromatic carbocycles. The van der Waals surface area contributed by atoms with E-state index in [0.717, 1.165) is 0 Å². The molecule has 1 atom stereocenters. The van der Waals surface area contributed by atoms with Gasteiger partial charge in [0.2, 0.25) is 0 Å². The Labute approximate surface area is 94.6 Å². The number of hydrogen-bond donors (Lipinski definition) is 1. The first kappa shape index (κ1) is 12.9. The van der Waals surface area contributed by atoms with E-state index in [1.165, 1.54) is 19.2 Å². The van der Waals surface area contributed by atoms with Gasteiger partial charge >= 0.3 is 0 Å². The van der Waals surface area contributed by atoms with Gasteiger partial charge in [-0.15, -0.1) is 0 Å². The van der Waals surface area contributed by atoms with Crippen LogP contribution in [0.1, 0.15) is 18.9 Å². The molecule has 0 aliphatic heterocycles. The van der Waals surface area contributed by atoms with Crippen LogP contribution in [0.15, 0.2) is 24.3 Å². The molecule has 1 unspecified atom stereocenters. The fourth-order valence-corrected chi connectivity index (χ4v) is 1.46. The van der Waals surface area contributed by atoms with Gasteiger partial charge in [0.05, 0.1) is 7.11 Å². The molecule has 0 bridgehead atoms. The zero-order chi connectivity index (χ0) is 12.2. The Hall–Kier alpha value is -1.16. The molecule has 0 saturated heterocycles. The molecule has 1 rings (SSSR count). The van der Waals surface area contributed by atoms with Gasteiger partial charge in [0.25, 0.3) is 5.92 Å². The molecule has 1 aromatic rings. The number of hydrogen-bond acceptors (Lipinski definition) is 2.